The molecule has 0 fully saturated rings. The Morgan fingerprint density at radius 1 is 0.857 bits per heavy atom. The summed E-state index contributed by atoms with van der Waals surface area (Å²) in [6.07, 6.45) is -1.03. The highest BCUT2D eigenvalue weighted by molar-refractivity contribution is 5.98. The molecule has 0 saturated heterocycles. The third-order valence-electron chi connectivity index (χ3n) is 3.88. The zero-order valence-electron chi connectivity index (χ0n) is 15.2. The molecule has 0 aromatic heterocycles. The summed E-state index contributed by atoms with van der Waals surface area (Å²) in [5, 5.41) is 12.4. The summed E-state index contributed by atoms with van der Waals surface area (Å²) in [6, 6.07) is 22.2. The number of esters is 1. The van der Waals surface area contributed by atoms with Crippen molar-refractivity contribution < 1.29 is 24.2 Å². The van der Waals surface area contributed by atoms with E-state index in [9.17, 15) is 14.7 Å². The number of para-hydroxylation sites is 2. The number of carbonyl (C=O) groups is 2. The summed E-state index contributed by atoms with van der Waals surface area (Å²) < 4.78 is 10.8. The second-order valence-electron chi connectivity index (χ2n) is 5.99. The number of rotatable bonds is 6. The van der Waals surface area contributed by atoms with Crippen LogP contribution >= 0.6 is 0 Å². The van der Waals surface area contributed by atoms with Crippen molar-refractivity contribution in [1.82, 2.24) is 0 Å². The number of hydrogen-bond acceptors (Lipinski definition) is 5. The molecule has 0 radical (unpaired) electrons. The minimum absolute atomic E-state index is 0.00423. The first-order chi connectivity index (χ1) is 13.5. The Labute approximate surface area is 162 Å². The van der Waals surface area contributed by atoms with E-state index in [1.807, 2.05) is 30.3 Å². The fraction of sp³-hybridized carbons (Fsp3) is 0.0909. The van der Waals surface area contributed by atoms with Gasteiger partial charge >= 0.3 is 5.97 Å². The van der Waals surface area contributed by atoms with E-state index in [0.29, 0.717) is 17.2 Å². The Bertz CT molecular complexity index is 954. The summed E-state index contributed by atoms with van der Waals surface area (Å²) in [5.41, 5.74) is 0.542. The van der Waals surface area contributed by atoms with E-state index in [0.717, 1.165) is 0 Å². The van der Waals surface area contributed by atoms with Crippen LogP contribution in [0.5, 0.6) is 17.2 Å². The Balaban J connectivity index is 1.56. The van der Waals surface area contributed by atoms with Crippen molar-refractivity contribution >= 4 is 17.6 Å². The van der Waals surface area contributed by atoms with Crippen LogP contribution in [0.25, 0.3) is 0 Å². The van der Waals surface area contributed by atoms with Crippen molar-refractivity contribution in [3.05, 3.63) is 84.4 Å². The maximum Gasteiger partial charge on any atom is 0.342 e. The van der Waals surface area contributed by atoms with Crippen LogP contribution in [0.15, 0.2) is 78.9 Å². The number of hydrogen-bond donors (Lipinski definition) is 2. The largest absolute Gasteiger partial charge is 0.507 e. The smallest absolute Gasteiger partial charge is 0.342 e. The minimum atomic E-state index is -1.03. The van der Waals surface area contributed by atoms with E-state index in [2.05, 4.69) is 5.32 Å². The first-order valence-electron chi connectivity index (χ1n) is 8.66. The Hall–Kier alpha value is -3.80. The molecule has 6 nitrogen and oxygen atoms in total. The molecule has 2 N–H and O–H groups in total. The normalized spacial score (nSPS) is 11.3. The van der Waals surface area contributed by atoms with E-state index in [-0.39, 0.29) is 11.3 Å². The van der Waals surface area contributed by atoms with Gasteiger partial charge in [0.1, 0.15) is 22.8 Å². The van der Waals surface area contributed by atoms with Gasteiger partial charge in [0.25, 0.3) is 5.91 Å². The van der Waals surface area contributed by atoms with Crippen molar-refractivity contribution in [3.63, 3.8) is 0 Å². The lowest BCUT2D eigenvalue weighted by molar-refractivity contribution is -0.123. The van der Waals surface area contributed by atoms with Crippen LogP contribution in [0.3, 0.4) is 0 Å². The number of anilines is 1. The Kier molecular flexibility index (Phi) is 5.91. The molecule has 3 aromatic carbocycles. The molecule has 0 saturated carbocycles. The van der Waals surface area contributed by atoms with Gasteiger partial charge in [-0.25, -0.2) is 4.79 Å². The van der Waals surface area contributed by atoms with Crippen molar-refractivity contribution in [2.75, 3.05) is 5.32 Å². The van der Waals surface area contributed by atoms with Gasteiger partial charge in [0.05, 0.1) is 0 Å². The molecule has 3 aromatic rings. The van der Waals surface area contributed by atoms with Gasteiger partial charge in [-0.1, -0.05) is 30.3 Å². The number of phenolic OH excluding ortho intramolecular Hbond substituents is 1. The fourth-order valence-electron chi connectivity index (χ4n) is 2.40. The molecule has 0 aliphatic rings. The zero-order valence-corrected chi connectivity index (χ0v) is 15.2. The molecule has 1 amide bonds. The summed E-state index contributed by atoms with van der Waals surface area (Å²) in [7, 11) is 0. The lowest BCUT2D eigenvalue weighted by Gasteiger charge is -2.14. The molecule has 1 atom stereocenters. The van der Waals surface area contributed by atoms with Crippen LogP contribution in [0, 0.1) is 0 Å². The van der Waals surface area contributed by atoms with Crippen LogP contribution in [-0.2, 0) is 9.53 Å². The fourth-order valence-corrected chi connectivity index (χ4v) is 2.40. The quantitative estimate of drug-likeness (QED) is 0.623. The molecule has 0 aliphatic heterocycles. The van der Waals surface area contributed by atoms with Crippen molar-refractivity contribution in [2.45, 2.75) is 13.0 Å². The molecule has 28 heavy (non-hydrogen) atoms. The maximum atomic E-state index is 12.3. The Morgan fingerprint density at radius 2 is 1.46 bits per heavy atom. The lowest BCUT2D eigenvalue weighted by atomic mass is 10.2. The summed E-state index contributed by atoms with van der Waals surface area (Å²) >= 11 is 0. The van der Waals surface area contributed by atoms with Gasteiger partial charge in [-0.3, -0.25) is 4.79 Å². The molecule has 3 rings (SSSR count). The first kappa shape index (κ1) is 19.0. The van der Waals surface area contributed by atoms with Gasteiger partial charge in [-0.15, -0.1) is 0 Å². The van der Waals surface area contributed by atoms with Gasteiger partial charge in [-0.2, -0.15) is 0 Å². The summed E-state index contributed by atoms with van der Waals surface area (Å²) in [6.45, 7) is 1.46. The first-order valence-corrected chi connectivity index (χ1v) is 8.66. The SMILES string of the molecule is C[C@@H](OC(=O)c1ccccc1O)C(=O)Nc1ccc(Oc2ccccc2)cc1. The predicted molar refractivity (Wildman–Crippen MR) is 105 cm³/mol. The summed E-state index contributed by atoms with van der Waals surface area (Å²) in [5.74, 6) is -0.116. The average Bonchev–Trinajstić information content (AvgIpc) is 2.70. The van der Waals surface area contributed by atoms with E-state index in [4.69, 9.17) is 9.47 Å². The average molecular weight is 377 g/mol. The Morgan fingerprint density at radius 3 is 2.14 bits per heavy atom. The topological polar surface area (TPSA) is 84.9 Å². The molecule has 0 aliphatic carbocycles. The molecule has 0 spiro atoms. The van der Waals surface area contributed by atoms with Crippen molar-refractivity contribution in [2.24, 2.45) is 0 Å². The van der Waals surface area contributed by atoms with Crippen molar-refractivity contribution in [1.29, 1.82) is 0 Å². The molecule has 0 unspecified atom stereocenters. The molecule has 0 heterocycles. The van der Waals surface area contributed by atoms with Crippen LogP contribution in [-0.4, -0.2) is 23.1 Å². The van der Waals surface area contributed by atoms with E-state index < -0.39 is 18.0 Å². The number of carbonyl (C=O) groups excluding carboxylic acids is 2. The molecule has 0 bridgehead atoms. The van der Waals surface area contributed by atoms with Crippen LogP contribution in [0.1, 0.15) is 17.3 Å². The third-order valence-corrected chi connectivity index (χ3v) is 3.88. The summed E-state index contributed by atoms with van der Waals surface area (Å²) in [4.78, 5) is 24.3. The highest BCUT2D eigenvalue weighted by Crippen LogP contribution is 2.23. The van der Waals surface area contributed by atoms with Gasteiger partial charge in [0, 0.05) is 5.69 Å². The third kappa shape index (κ3) is 4.88. The number of aromatic hydroxyl groups is 1. The van der Waals surface area contributed by atoms with E-state index >= 15 is 0 Å². The number of nitrogens with one attached hydrogen (secondary N) is 1. The zero-order chi connectivity index (χ0) is 19.9. The predicted octanol–water partition coefficient (Wildman–Crippen LogP) is 4.37. The van der Waals surface area contributed by atoms with Gasteiger partial charge < -0.3 is 19.9 Å². The second-order valence-corrected chi connectivity index (χ2v) is 5.99. The van der Waals surface area contributed by atoms with Crippen LogP contribution in [0.4, 0.5) is 5.69 Å². The highest BCUT2D eigenvalue weighted by atomic mass is 16.5. The minimum Gasteiger partial charge on any atom is -0.507 e. The number of phenols is 1. The number of benzene rings is 3. The van der Waals surface area contributed by atoms with Gasteiger partial charge in [0.2, 0.25) is 0 Å². The number of ether oxygens (including phenoxy) is 2. The maximum absolute atomic E-state index is 12.3. The lowest BCUT2D eigenvalue weighted by Crippen LogP contribution is -2.30. The van der Waals surface area contributed by atoms with Crippen LogP contribution in [0.2, 0.25) is 0 Å². The number of amides is 1. The van der Waals surface area contributed by atoms with E-state index in [1.165, 1.54) is 19.1 Å². The van der Waals surface area contributed by atoms with Gasteiger partial charge in [0.15, 0.2) is 6.10 Å². The molecular weight excluding hydrogens is 358 g/mol. The van der Waals surface area contributed by atoms with E-state index in [1.54, 1.807) is 36.4 Å². The monoisotopic (exact) mass is 377 g/mol. The standard InChI is InChI=1S/C22H19NO5/c1-15(27-22(26)19-9-5-6-10-20(19)24)21(25)23-16-11-13-18(14-12-16)28-17-7-3-2-4-8-17/h2-15,24H,1H3,(H,23,25)/t15-/m1/s1. The second kappa shape index (κ2) is 8.73. The molecule has 6 heteroatoms. The van der Waals surface area contributed by atoms with Crippen molar-refractivity contribution in [3.8, 4) is 17.2 Å². The molecule has 142 valence electrons. The van der Waals surface area contributed by atoms with Crippen LogP contribution < -0.4 is 10.1 Å². The molecular formula is C22H19NO5. The highest BCUT2D eigenvalue weighted by Gasteiger charge is 2.20. The van der Waals surface area contributed by atoms with Gasteiger partial charge in [-0.05, 0) is 55.5 Å².